The van der Waals surface area contributed by atoms with Gasteiger partial charge in [-0.15, -0.1) is 0 Å². The number of imide groups is 2. The molecule has 0 aromatic carbocycles. The number of urea groups is 2. The lowest BCUT2D eigenvalue weighted by atomic mass is 9.97. The number of aliphatic hydroxyl groups excluding tert-OH is 1. The van der Waals surface area contributed by atoms with Crippen LogP contribution in [0.3, 0.4) is 0 Å². The van der Waals surface area contributed by atoms with Crippen LogP contribution in [0.15, 0.2) is 0 Å². The molecule has 0 spiro atoms. The molecule has 5 aliphatic rings. The van der Waals surface area contributed by atoms with Gasteiger partial charge in [0.2, 0.25) is 0 Å². The Kier molecular flexibility index (Phi) is 5.43. The van der Waals surface area contributed by atoms with Crippen LogP contribution in [0, 0.1) is 5.92 Å². The van der Waals surface area contributed by atoms with E-state index in [2.05, 4.69) is 0 Å². The van der Waals surface area contributed by atoms with Gasteiger partial charge in [0.25, 0.3) is 11.8 Å². The highest BCUT2D eigenvalue weighted by atomic mass is 16.6. The Hall–Kier alpha value is -2.28. The molecule has 0 aromatic rings. The van der Waals surface area contributed by atoms with Crippen LogP contribution in [0.1, 0.15) is 34.1 Å². The van der Waals surface area contributed by atoms with Gasteiger partial charge in [0.05, 0.1) is 51.2 Å². The molecule has 5 fully saturated rings. The Morgan fingerprint density at radius 2 is 1.29 bits per heavy atom. The lowest BCUT2D eigenvalue weighted by molar-refractivity contribution is -0.141. The van der Waals surface area contributed by atoms with Crippen LogP contribution < -0.4 is 0 Å². The number of carbonyl (C=O) groups is 4. The molecule has 1 N–H and O–H groups in total. The molecule has 5 saturated heterocycles. The summed E-state index contributed by atoms with van der Waals surface area (Å²) >= 11 is 0. The van der Waals surface area contributed by atoms with E-state index in [1.165, 1.54) is 9.80 Å². The van der Waals surface area contributed by atoms with Crippen LogP contribution in [0.5, 0.6) is 0 Å². The fourth-order valence-electron chi connectivity index (χ4n) is 4.82. The van der Waals surface area contributed by atoms with Crippen molar-refractivity contribution >= 4 is 23.9 Å². The zero-order valence-electron chi connectivity index (χ0n) is 19.9. The summed E-state index contributed by atoms with van der Waals surface area (Å²) in [6, 6.07) is -1.07. The molecular weight excluding hydrogens is 448 g/mol. The van der Waals surface area contributed by atoms with Crippen LogP contribution in [-0.2, 0) is 23.8 Å². The van der Waals surface area contributed by atoms with Crippen molar-refractivity contribution in [3.05, 3.63) is 0 Å². The largest absolute Gasteiger partial charge is 0.373 e. The van der Waals surface area contributed by atoms with Crippen molar-refractivity contribution in [2.45, 2.75) is 69.7 Å². The van der Waals surface area contributed by atoms with Gasteiger partial charge in [-0.2, -0.15) is 0 Å². The summed E-state index contributed by atoms with van der Waals surface area (Å²) in [6.07, 6.45) is -1.58. The van der Waals surface area contributed by atoms with Gasteiger partial charge in [0, 0.05) is 12.5 Å². The number of nitrogens with zero attached hydrogens (tertiary/aromatic N) is 4. The zero-order chi connectivity index (χ0) is 24.6. The molecule has 34 heavy (non-hydrogen) atoms. The first kappa shape index (κ1) is 23.5. The summed E-state index contributed by atoms with van der Waals surface area (Å²) < 4.78 is 15.8. The van der Waals surface area contributed by atoms with E-state index in [1.54, 1.807) is 27.7 Å². The fraction of sp³-hybridized carbons (Fsp3) is 0.818. The van der Waals surface area contributed by atoms with Gasteiger partial charge in [-0.05, 0) is 34.1 Å². The summed E-state index contributed by atoms with van der Waals surface area (Å²) in [5, 5.41) is 11.3. The summed E-state index contributed by atoms with van der Waals surface area (Å²) in [5.41, 5.74) is -2.20. The van der Waals surface area contributed by atoms with E-state index < -0.39 is 41.2 Å². The van der Waals surface area contributed by atoms with Gasteiger partial charge < -0.3 is 29.1 Å². The van der Waals surface area contributed by atoms with Gasteiger partial charge >= 0.3 is 12.1 Å². The second-order valence-corrected chi connectivity index (χ2v) is 10.8. The van der Waals surface area contributed by atoms with Crippen molar-refractivity contribution in [1.82, 2.24) is 19.6 Å². The Labute approximate surface area is 197 Å². The van der Waals surface area contributed by atoms with Gasteiger partial charge in [-0.3, -0.25) is 14.5 Å². The molecule has 0 saturated carbocycles. The predicted octanol–water partition coefficient (Wildman–Crippen LogP) is -0.407. The number of aliphatic hydroxyl groups is 1. The van der Waals surface area contributed by atoms with Gasteiger partial charge in [0.1, 0.15) is 17.3 Å². The van der Waals surface area contributed by atoms with Crippen molar-refractivity contribution in [1.29, 1.82) is 0 Å². The third kappa shape index (κ3) is 3.96. The quantitative estimate of drug-likeness (QED) is 0.329. The molecule has 5 aliphatic heterocycles. The smallest absolute Gasteiger partial charge is 0.329 e. The molecular formula is C22H32N4O8. The molecule has 0 aliphatic carbocycles. The highest BCUT2D eigenvalue weighted by molar-refractivity contribution is 6.07. The first-order chi connectivity index (χ1) is 15.9. The number of hydrogen-bond donors (Lipinski definition) is 1. The topological polar surface area (TPSA) is 139 Å². The molecule has 5 atom stereocenters. The predicted molar refractivity (Wildman–Crippen MR) is 114 cm³/mol. The normalized spacial score (nSPS) is 33.1. The maximum absolute atomic E-state index is 13.2. The molecule has 0 aromatic heterocycles. The van der Waals surface area contributed by atoms with E-state index in [9.17, 15) is 24.3 Å². The van der Waals surface area contributed by atoms with Crippen molar-refractivity contribution in [3.63, 3.8) is 0 Å². The van der Waals surface area contributed by atoms with Gasteiger partial charge in [-0.25, -0.2) is 14.5 Å². The first-order valence-corrected chi connectivity index (χ1v) is 11.7. The standard InChI is InChI=1S/C22H32N4O8/c1-21(2)17(28)23(19(30)24(21)7-14-10-33-14)6-12(5-13-9-32-13)16(27)26-18(29)22(3,4)25(20(26)31)8-15-11-34-15/h12-16,27H,5-11H2,1-4H3. The van der Waals surface area contributed by atoms with E-state index in [0.29, 0.717) is 32.8 Å². The molecule has 12 nitrogen and oxygen atoms in total. The average molecular weight is 481 g/mol. The Morgan fingerprint density at radius 3 is 1.79 bits per heavy atom. The maximum Gasteiger partial charge on any atom is 0.329 e. The van der Waals surface area contributed by atoms with E-state index in [1.807, 2.05) is 0 Å². The molecule has 0 radical (unpaired) electrons. The Bertz CT molecular complexity index is 911. The molecule has 5 heterocycles. The molecule has 5 unspecified atom stereocenters. The second-order valence-electron chi connectivity index (χ2n) is 10.8. The number of rotatable bonds is 10. The minimum absolute atomic E-state index is 0.0827. The third-order valence-corrected chi connectivity index (χ3v) is 7.41. The van der Waals surface area contributed by atoms with Crippen molar-refractivity contribution in [2.75, 3.05) is 39.5 Å². The number of ether oxygens (including phenoxy) is 3. The summed E-state index contributed by atoms with van der Waals surface area (Å²) in [5.74, 6) is -1.67. The summed E-state index contributed by atoms with van der Waals surface area (Å²) in [4.78, 5) is 57.6. The molecule has 12 heteroatoms. The highest BCUT2D eigenvalue weighted by Gasteiger charge is 2.57. The average Bonchev–Trinajstić information content (AvgIpc) is 3.62. The van der Waals surface area contributed by atoms with Crippen molar-refractivity contribution in [2.24, 2.45) is 5.92 Å². The molecule has 0 bridgehead atoms. The summed E-state index contributed by atoms with van der Waals surface area (Å²) in [7, 11) is 0. The van der Waals surface area contributed by atoms with Crippen LogP contribution in [0.25, 0.3) is 0 Å². The van der Waals surface area contributed by atoms with E-state index in [-0.39, 0.29) is 37.3 Å². The van der Waals surface area contributed by atoms with E-state index >= 15 is 0 Å². The first-order valence-electron chi connectivity index (χ1n) is 11.7. The Morgan fingerprint density at radius 1 is 0.824 bits per heavy atom. The zero-order valence-corrected chi connectivity index (χ0v) is 19.9. The van der Waals surface area contributed by atoms with Crippen LogP contribution in [-0.4, -0.2) is 124 Å². The molecule has 5 rings (SSSR count). The summed E-state index contributed by atoms with van der Waals surface area (Å²) in [6.45, 7) is 8.62. The molecule has 6 amide bonds. The van der Waals surface area contributed by atoms with Crippen LogP contribution in [0.4, 0.5) is 9.59 Å². The highest BCUT2D eigenvalue weighted by Crippen LogP contribution is 2.36. The lowest BCUT2D eigenvalue weighted by Gasteiger charge is -2.31. The van der Waals surface area contributed by atoms with Crippen LogP contribution in [0.2, 0.25) is 0 Å². The van der Waals surface area contributed by atoms with Crippen molar-refractivity contribution in [3.8, 4) is 0 Å². The monoisotopic (exact) mass is 480 g/mol. The lowest BCUT2D eigenvalue weighted by Crippen LogP contribution is -2.50. The second kappa shape index (κ2) is 7.87. The van der Waals surface area contributed by atoms with Gasteiger partial charge in [-0.1, -0.05) is 0 Å². The van der Waals surface area contributed by atoms with E-state index in [4.69, 9.17) is 14.2 Å². The third-order valence-electron chi connectivity index (χ3n) is 7.41. The SMILES string of the molecule is CC1(C)C(=O)N(CC(CC2CO2)C(O)N2C(=O)N(CC3CO3)C(C)(C)C2=O)C(=O)N1CC1CO1. The maximum atomic E-state index is 13.2. The number of carbonyl (C=O) groups excluding carboxylic acids is 4. The fourth-order valence-corrected chi connectivity index (χ4v) is 4.82. The number of amides is 6. The van der Waals surface area contributed by atoms with E-state index in [0.717, 1.165) is 9.80 Å². The minimum Gasteiger partial charge on any atom is -0.373 e. The van der Waals surface area contributed by atoms with Crippen LogP contribution >= 0.6 is 0 Å². The minimum atomic E-state index is -1.52. The van der Waals surface area contributed by atoms with Gasteiger partial charge in [0.15, 0.2) is 0 Å². The number of epoxide rings is 3. The van der Waals surface area contributed by atoms with Crippen molar-refractivity contribution < 1.29 is 38.5 Å². The Balaban J connectivity index is 1.36. The molecule has 188 valence electrons. The number of hydrogen-bond acceptors (Lipinski definition) is 8.